The minimum absolute atomic E-state index is 0.825. The van der Waals surface area contributed by atoms with Crippen molar-refractivity contribution in [3.8, 4) is 0 Å². The molecule has 0 aromatic rings. The first kappa shape index (κ1) is 12.0. The monoisotopic (exact) mass is 200 g/mol. The fourth-order valence-corrected chi connectivity index (χ4v) is 1.88. The van der Waals surface area contributed by atoms with Crippen LogP contribution in [0.5, 0.6) is 0 Å². The summed E-state index contributed by atoms with van der Waals surface area (Å²) in [5.41, 5.74) is 0. The van der Waals surface area contributed by atoms with Gasteiger partial charge < -0.3 is 15.0 Å². The van der Waals surface area contributed by atoms with Crippen LogP contribution >= 0.6 is 0 Å². The summed E-state index contributed by atoms with van der Waals surface area (Å²) in [7, 11) is 0. The Morgan fingerprint density at radius 2 is 2.29 bits per heavy atom. The lowest BCUT2D eigenvalue weighted by Gasteiger charge is -2.15. The van der Waals surface area contributed by atoms with Gasteiger partial charge in [-0.2, -0.15) is 0 Å². The van der Waals surface area contributed by atoms with Gasteiger partial charge in [0.1, 0.15) is 0 Å². The second-order valence-corrected chi connectivity index (χ2v) is 4.14. The summed E-state index contributed by atoms with van der Waals surface area (Å²) in [5.74, 6) is 0.901. The third kappa shape index (κ3) is 4.94. The smallest absolute Gasteiger partial charge is 0.0590 e. The van der Waals surface area contributed by atoms with Gasteiger partial charge in [-0.15, -0.1) is 0 Å². The van der Waals surface area contributed by atoms with Gasteiger partial charge in [-0.3, -0.25) is 0 Å². The van der Waals surface area contributed by atoms with Crippen molar-refractivity contribution in [2.45, 2.75) is 20.3 Å². The van der Waals surface area contributed by atoms with Crippen LogP contribution < -0.4 is 5.32 Å². The Balaban J connectivity index is 1.84. The predicted octanol–water partition coefficient (Wildman–Crippen LogP) is 0.954. The number of hydrogen-bond acceptors (Lipinski definition) is 3. The molecule has 3 nitrogen and oxygen atoms in total. The van der Waals surface area contributed by atoms with Crippen LogP contribution in [0.25, 0.3) is 0 Å². The van der Waals surface area contributed by atoms with E-state index in [-0.39, 0.29) is 0 Å². The molecular formula is C11H24N2O. The van der Waals surface area contributed by atoms with Crippen LogP contribution in [0, 0.1) is 5.92 Å². The van der Waals surface area contributed by atoms with Crippen LogP contribution in [0.1, 0.15) is 20.3 Å². The molecule has 0 amide bonds. The molecule has 0 aliphatic carbocycles. The highest BCUT2D eigenvalue weighted by Gasteiger charge is 2.17. The van der Waals surface area contributed by atoms with E-state index in [0.29, 0.717) is 0 Å². The van der Waals surface area contributed by atoms with E-state index >= 15 is 0 Å². The zero-order valence-corrected chi connectivity index (χ0v) is 9.59. The third-order valence-corrected chi connectivity index (χ3v) is 2.74. The highest BCUT2D eigenvalue weighted by Crippen LogP contribution is 2.13. The molecule has 0 saturated carbocycles. The second-order valence-electron chi connectivity index (χ2n) is 4.14. The van der Waals surface area contributed by atoms with Crippen molar-refractivity contribution in [3.63, 3.8) is 0 Å². The number of nitrogens with zero attached hydrogens (tertiary/aromatic N) is 1. The zero-order valence-electron chi connectivity index (χ0n) is 9.59. The summed E-state index contributed by atoms with van der Waals surface area (Å²) in [5, 5.41) is 3.40. The lowest BCUT2D eigenvalue weighted by molar-refractivity contribution is 0.148. The molecule has 1 atom stereocenters. The van der Waals surface area contributed by atoms with Gasteiger partial charge >= 0.3 is 0 Å². The lowest BCUT2D eigenvalue weighted by Crippen LogP contribution is -2.32. The SMILES string of the molecule is CCOCCNCCN1CCC(C)C1. The summed E-state index contributed by atoms with van der Waals surface area (Å²) in [4.78, 5) is 2.54. The van der Waals surface area contributed by atoms with Crippen molar-refractivity contribution in [1.29, 1.82) is 0 Å². The molecular weight excluding hydrogens is 176 g/mol. The van der Waals surface area contributed by atoms with E-state index in [1.54, 1.807) is 0 Å². The topological polar surface area (TPSA) is 24.5 Å². The molecule has 0 aromatic heterocycles. The average molecular weight is 200 g/mol. The van der Waals surface area contributed by atoms with Crippen LogP contribution in [0.3, 0.4) is 0 Å². The Hall–Kier alpha value is -0.120. The van der Waals surface area contributed by atoms with Gasteiger partial charge in [-0.1, -0.05) is 6.92 Å². The van der Waals surface area contributed by atoms with E-state index < -0.39 is 0 Å². The molecule has 0 spiro atoms. The van der Waals surface area contributed by atoms with Gasteiger partial charge in [0.15, 0.2) is 0 Å². The third-order valence-electron chi connectivity index (χ3n) is 2.74. The summed E-state index contributed by atoms with van der Waals surface area (Å²) >= 11 is 0. The maximum absolute atomic E-state index is 5.25. The summed E-state index contributed by atoms with van der Waals surface area (Å²) in [6.07, 6.45) is 1.37. The molecule has 1 heterocycles. The lowest BCUT2D eigenvalue weighted by atomic mass is 10.2. The molecule has 1 fully saturated rings. The highest BCUT2D eigenvalue weighted by atomic mass is 16.5. The fourth-order valence-electron chi connectivity index (χ4n) is 1.88. The van der Waals surface area contributed by atoms with Crippen molar-refractivity contribution < 1.29 is 4.74 Å². The number of ether oxygens (including phenoxy) is 1. The molecule has 1 N–H and O–H groups in total. The molecule has 1 aliphatic heterocycles. The largest absolute Gasteiger partial charge is 0.380 e. The average Bonchev–Trinajstić information content (AvgIpc) is 2.58. The van der Waals surface area contributed by atoms with E-state index in [2.05, 4.69) is 17.1 Å². The van der Waals surface area contributed by atoms with Gasteiger partial charge in [-0.05, 0) is 25.8 Å². The minimum atomic E-state index is 0.825. The molecule has 1 unspecified atom stereocenters. The molecule has 84 valence electrons. The van der Waals surface area contributed by atoms with Crippen LogP contribution in [-0.4, -0.2) is 50.8 Å². The Kier molecular flexibility index (Phi) is 6.15. The van der Waals surface area contributed by atoms with Crippen LogP contribution in [0.2, 0.25) is 0 Å². The van der Waals surface area contributed by atoms with Gasteiger partial charge in [0.2, 0.25) is 0 Å². The van der Waals surface area contributed by atoms with E-state index in [4.69, 9.17) is 4.74 Å². The predicted molar refractivity (Wildman–Crippen MR) is 59.6 cm³/mol. The number of nitrogens with one attached hydrogen (secondary N) is 1. The first-order valence-electron chi connectivity index (χ1n) is 5.83. The molecule has 1 aliphatic rings. The zero-order chi connectivity index (χ0) is 10.2. The fraction of sp³-hybridized carbons (Fsp3) is 1.00. The van der Waals surface area contributed by atoms with Crippen LogP contribution in [0.15, 0.2) is 0 Å². The maximum atomic E-state index is 5.25. The Morgan fingerprint density at radius 1 is 1.43 bits per heavy atom. The van der Waals surface area contributed by atoms with Gasteiger partial charge in [0.25, 0.3) is 0 Å². The van der Waals surface area contributed by atoms with E-state index in [0.717, 1.165) is 32.2 Å². The molecule has 1 saturated heterocycles. The quantitative estimate of drug-likeness (QED) is 0.619. The Bertz CT molecular complexity index is 141. The number of rotatable bonds is 7. The normalized spacial score (nSPS) is 23.1. The van der Waals surface area contributed by atoms with Crippen molar-refractivity contribution >= 4 is 0 Å². The maximum Gasteiger partial charge on any atom is 0.0590 e. The van der Waals surface area contributed by atoms with E-state index in [1.165, 1.54) is 26.1 Å². The minimum Gasteiger partial charge on any atom is -0.380 e. The van der Waals surface area contributed by atoms with Crippen molar-refractivity contribution in [2.24, 2.45) is 5.92 Å². The molecule has 14 heavy (non-hydrogen) atoms. The summed E-state index contributed by atoms with van der Waals surface area (Å²) < 4.78 is 5.25. The number of hydrogen-bond donors (Lipinski definition) is 1. The molecule has 0 aromatic carbocycles. The Labute approximate surface area is 87.8 Å². The van der Waals surface area contributed by atoms with E-state index in [9.17, 15) is 0 Å². The van der Waals surface area contributed by atoms with Crippen LogP contribution in [-0.2, 0) is 4.74 Å². The first-order valence-corrected chi connectivity index (χ1v) is 5.83. The molecule has 3 heteroatoms. The number of likely N-dealkylation sites (tertiary alicyclic amines) is 1. The molecule has 0 bridgehead atoms. The summed E-state index contributed by atoms with van der Waals surface area (Å²) in [6, 6.07) is 0. The van der Waals surface area contributed by atoms with Crippen molar-refractivity contribution in [3.05, 3.63) is 0 Å². The van der Waals surface area contributed by atoms with Crippen LogP contribution in [0.4, 0.5) is 0 Å². The van der Waals surface area contributed by atoms with Crippen molar-refractivity contribution in [2.75, 3.05) is 45.9 Å². The second kappa shape index (κ2) is 7.21. The molecule has 1 rings (SSSR count). The first-order chi connectivity index (χ1) is 6.83. The van der Waals surface area contributed by atoms with Gasteiger partial charge in [-0.25, -0.2) is 0 Å². The van der Waals surface area contributed by atoms with Gasteiger partial charge in [0, 0.05) is 32.8 Å². The standard InChI is InChI=1S/C11H24N2O/c1-3-14-9-6-12-5-8-13-7-4-11(2)10-13/h11-12H,3-10H2,1-2H3. The highest BCUT2D eigenvalue weighted by molar-refractivity contribution is 4.72. The summed E-state index contributed by atoms with van der Waals surface area (Å²) in [6.45, 7) is 11.9. The van der Waals surface area contributed by atoms with E-state index in [1.807, 2.05) is 6.92 Å². The Morgan fingerprint density at radius 3 is 2.93 bits per heavy atom. The van der Waals surface area contributed by atoms with Gasteiger partial charge in [0.05, 0.1) is 6.61 Å². The molecule has 0 radical (unpaired) electrons. The van der Waals surface area contributed by atoms with Crippen molar-refractivity contribution in [1.82, 2.24) is 10.2 Å².